The van der Waals surface area contributed by atoms with E-state index < -0.39 is 12.1 Å². The normalized spacial score (nSPS) is 14.1. The largest absolute Gasteiger partial charge is 0.533 e. The lowest BCUT2D eigenvalue weighted by Gasteiger charge is -2.20. The summed E-state index contributed by atoms with van der Waals surface area (Å²) in [6.45, 7) is 7.01. The lowest BCUT2D eigenvalue weighted by atomic mass is 9.94. The van der Waals surface area contributed by atoms with E-state index in [1.165, 1.54) is 6.92 Å². The average molecular weight is 728 g/mol. The molecular formula is C38H53N3O11. The molecule has 0 aromatic heterocycles. The van der Waals surface area contributed by atoms with Gasteiger partial charge < -0.3 is 34.7 Å². The Hall–Kier alpha value is -4.37. The number of nitrogens with zero attached hydrogens (tertiary/aromatic N) is 1. The molecule has 0 aliphatic heterocycles. The van der Waals surface area contributed by atoms with E-state index in [1.807, 2.05) is 38.1 Å². The minimum atomic E-state index is -1.17. The summed E-state index contributed by atoms with van der Waals surface area (Å²) in [5.74, 6) is -1.16. The van der Waals surface area contributed by atoms with Gasteiger partial charge in [0.25, 0.3) is 12.3 Å². The maximum absolute atomic E-state index is 12.5. The molecule has 3 N–H and O–H groups in total. The van der Waals surface area contributed by atoms with Crippen LogP contribution in [0, 0.1) is 0 Å². The van der Waals surface area contributed by atoms with E-state index >= 15 is 0 Å². The summed E-state index contributed by atoms with van der Waals surface area (Å²) in [6, 6.07) is 12.2. The fourth-order valence-electron chi connectivity index (χ4n) is 5.82. The van der Waals surface area contributed by atoms with Crippen molar-refractivity contribution in [2.75, 3.05) is 53.2 Å². The number of carbonyl (C=O) groups is 5. The smallest absolute Gasteiger partial charge is 0.432 e. The molecule has 0 saturated heterocycles. The van der Waals surface area contributed by atoms with Crippen molar-refractivity contribution < 1.29 is 52.9 Å². The van der Waals surface area contributed by atoms with Crippen LogP contribution in [0.2, 0.25) is 0 Å². The van der Waals surface area contributed by atoms with Crippen LogP contribution >= 0.6 is 0 Å². The summed E-state index contributed by atoms with van der Waals surface area (Å²) in [6.07, 6.45) is 1.84. The zero-order valence-corrected chi connectivity index (χ0v) is 30.6. The van der Waals surface area contributed by atoms with Crippen LogP contribution in [0.5, 0.6) is 0 Å². The van der Waals surface area contributed by atoms with Crippen LogP contribution in [0.4, 0.5) is 4.79 Å². The first-order chi connectivity index (χ1) is 25.1. The molecule has 3 atom stereocenters. The fourth-order valence-corrected chi connectivity index (χ4v) is 5.82. The van der Waals surface area contributed by atoms with E-state index in [0.717, 1.165) is 33.4 Å². The van der Waals surface area contributed by atoms with Gasteiger partial charge in [-0.1, -0.05) is 43.3 Å². The first-order valence-corrected chi connectivity index (χ1v) is 17.9. The number of aliphatic hydroxyl groups is 1. The first kappa shape index (κ1) is 42.0. The third-order valence-corrected chi connectivity index (χ3v) is 8.76. The first-order valence-electron chi connectivity index (χ1n) is 17.9. The highest BCUT2D eigenvalue weighted by Gasteiger charge is 2.31. The Morgan fingerprint density at radius 2 is 1.38 bits per heavy atom. The van der Waals surface area contributed by atoms with Crippen molar-refractivity contribution in [3.05, 3.63) is 58.7 Å². The van der Waals surface area contributed by atoms with Crippen LogP contribution in [0.15, 0.2) is 36.4 Å². The number of hydrogen-bond acceptors (Lipinski definition) is 11. The number of amides is 4. The van der Waals surface area contributed by atoms with E-state index in [4.69, 9.17) is 28.9 Å². The van der Waals surface area contributed by atoms with Crippen molar-refractivity contribution in [1.29, 1.82) is 0 Å². The monoisotopic (exact) mass is 727 g/mol. The van der Waals surface area contributed by atoms with Gasteiger partial charge in [-0.25, -0.2) is 4.79 Å². The molecule has 1 aliphatic rings. The standard InChI is InChI=1S/C38H53N3O11/c1-5-37(46)41(25-43)52-38(47)51-24-34-32-22-28(8-6-10-35(44)39-16-19-48-4)12-14-30(32)31-15-13-29(23-33(31)34)9-7-11-36(45)40-17-20-49-26(2)27(3)50-21-18-42/h12-15,22-23,25-27,34,42H,5-11,16-21,24H2,1-4H3,(H,39,44)(H,40,45). The zero-order chi connectivity index (χ0) is 37.9. The van der Waals surface area contributed by atoms with Gasteiger partial charge in [-0.05, 0) is 72.9 Å². The summed E-state index contributed by atoms with van der Waals surface area (Å²) in [7, 11) is 1.58. The Balaban J connectivity index is 1.63. The fraction of sp³-hybridized carbons (Fsp3) is 0.553. The predicted octanol–water partition coefficient (Wildman–Crippen LogP) is 3.59. The van der Waals surface area contributed by atoms with Crippen molar-refractivity contribution in [2.45, 2.75) is 83.8 Å². The van der Waals surface area contributed by atoms with Crippen molar-refractivity contribution >= 4 is 30.3 Å². The molecule has 4 amide bonds. The van der Waals surface area contributed by atoms with Gasteiger partial charge in [-0.15, -0.1) is 5.06 Å². The minimum absolute atomic E-state index is 0.0347. The van der Waals surface area contributed by atoms with Gasteiger partial charge in [0.2, 0.25) is 11.8 Å². The number of aryl methyl sites for hydroxylation is 2. The third kappa shape index (κ3) is 13.3. The molecule has 1 aliphatic carbocycles. The molecule has 0 radical (unpaired) electrons. The summed E-state index contributed by atoms with van der Waals surface area (Å²) in [5, 5.41) is 14.9. The van der Waals surface area contributed by atoms with Crippen LogP contribution in [-0.2, 0) is 55.8 Å². The number of imide groups is 1. The number of benzene rings is 2. The van der Waals surface area contributed by atoms with Crippen LogP contribution in [0.3, 0.4) is 0 Å². The Morgan fingerprint density at radius 3 is 1.88 bits per heavy atom. The maximum atomic E-state index is 12.5. The molecule has 2 aromatic rings. The second kappa shape index (κ2) is 22.5. The summed E-state index contributed by atoms with van der Waals surface area (Å²) in [4.78, 5) is 65.2. The molecule has 14 nitrogen and oxygen atoms in total. The number of methoxy groups -OCH3 is 1. The Bertz CT molecular complexity index is 1480. The SMILES string of the molecule is CCC(=O)N(C=O)OC(=O)OCC1c2cc(CCCC(=O)NCCOC)ccc2-c2ccc(CCCC(=O)NCCOC(C)C(C)OCCO)cc21. The number of nitrogens with one attached hydrogen (secondary N) is 2. The second-order valence-electron chi connectivity index (χ2n) is 12.5. The third-order valence-electron chi connectivity index (χ3n) is 8.76. The van der Waals surface area contributed by atoms with E-state index in [9.17, 15) is 24.0 Å². The quantitative estimate of drug-likeness (QED) is 0.0660. The second-order valence-corrected chi connectivity index (χ2v) is 12.5. The van der Waals surface area contributed by atoms with E-state index in [-0.39, 0.29) is 62.6 Å². The Labute approximate surface area is 305 Å². The molecule has 52 heavy (non-hydrogen) atoms. The number of carbonyl (C=O) groups excluding carboxylic acids is 5. The molecule has 0 bridgehead atoms. The van der Waals surface area contributed by atoms with Crippen molar-refractivity contribution in [3.63, 3.8) is 0 Å². The molecule has 14 heteroatoms. The Morgan fingerprint density at radius 1 is 0.846 bits per heavy atom. The van der Waals surface area contributed by atoms with E-state index in [2.05, 4.69) is 22.8 Å². The number of hydroxylamine groups is 2. The van der Waals surface area contributed by atoms with Crippen molar-refractivity contribution in [1.82, 2.24) is 15.7 Å². The molecule has 286 valence electrons. The molecule has 0 saturated carbocycles. The summed E-state index contributed by atoms with van der Waals surface area (Å²) in [5.41, 5.74) is 5.92. The van der Waals surface area contributed by atoms with Crippen LogP contribution in [0.1, 0.15) is 81.0 Å². The minimum Gasteiger partial charge on any atom is -0.432 e. The van der Waals surface area contributed by atoms with Gasteiger partial charge in [-0.2, -0.15) is 0 Å². The Kier molecular flexibility index (Phi) is 18.2. The lowest BCUT2D eigenvalue weighted by molar-refractivity contribution is -0.175. The highest BCUT2D eigenvalue weighted by molar-refractivity contribution is 5.86. The van der Waals surface area contributed by atoms with E-state index in [0.29, 0.717) is 69.9 Å². The highest BCUT2D eigenvalue weighted by Crippen LogP contribution is 2.46. The predicted molar refractivity (Wildman–Crippen MR) is 191 cm³/mol. The number of aliphatic hydroxyl groups excluding tert-OH is 1. The molecule has 2 aromatic carbocycles. The van der Waals surface area contributed by atoms with Crippen LogP contribution in [-0.4, -0.2) is 106 Å². The van der Waals surface area contributed by atoms with Gasteiger partial charge in [0.15, 0.2) is 0 Å². The number of ether oxygens (including phenoxy) is 4. The molecule has 0 fully saturated rings. The van der Waals surface area contributed by atoms with Crippen LogP contribution in [0.25, 0.3) is 11.1 Å². The van der Waals surface area contributed by atoms with E-state index in [1.54, 1.807) is 7.11 Å². The average Bonchev–Trinajstić information content (AvgIpc) is 3.45. The number of rotatable bonds is 23. The highest BCUT2D eigenvalue weighted by atomic mass is 16.8. The molecule has 3 rings (SSSR count). The van der Waals surface area contributed by atoms with Gasteiger partial charge in [0, 0.05) is 45.4 Å². The lowest BCUT2D eigenvalue weighted by Crippen LogP contribution is -2.32. The number of hydrogen-bond donors (Lipinski definition) is 3. The van der Waals surface area contributed by atoms with Crippen molar-refractivity contribution in [3.8, 4) is 11.1 Å². The van der Waals surface area contributed by atoms with Gasteiger partial charge in [0.05, 0.1) is 38.6 Å². The molecular weight excluding hydrogens is 674 g/mol. The maximum Gasteiger partial charge on any atom is 0.533 e. The summed E-state index contributed by atoms with van der Waals surface area (Å²) < 4.78 is 21.6. The zero-order valence-electron chi connectivity index (χ0n) is 30.6. The number of fused-ring (bicyclic) bond motifs is 3. The van der Waals surface area contributed by atoms with Crippen LogP contribution < -0.4 is 10.6 Å². The molecule has 0 heterocycles. The summed E-state index contributed by atoms with van der Waals surface area (Å²) >= 11 is 0. The molecule has 0 spiro atoms. The van der Waals surface area contributed by atoms with Gasteiger partial charge >= 0.3 is 6.16 Å². The van der Waals surface area contributed by atoms with Gasteiger partial charge in [-0.3, -0.25) is 24.0 Å². The molecule has 3 unspecified atom stereocenters. The topological polar surface area (TPSA) is 179 Å². The van der Waals surface area contributed by atoms with Crippen molar-refractivity contribution in [2.24, 2.45) is 0 Å². The van der Waals surface area contributed by atoms with Gasteiger partial charge in [0.1, 0.15) is 6.61 Å².